The van der Waals surface area contributed by atoms with E-state index in [0.29, 0.717) is 5.82 Å². The quantitative estimate of drug-likeness (QED) is 0.796. The van der Waals surface area contributed by atoms with Gasteiger partial charge in [-0.05, 0) is 6.42 Å². The SMILES string of the molecule is NC(CO)c1nnc2n1CC(C(F)(F)F)CC2. The van der Waals surface area contributed by atoms with Crippen LogP contribution in [-0.4, -0.2) is 32.7 Å². The van der Waals surface area contributed by atoms with Crippen LogP contribution >= 0.6 is 0 Å². The lowest BCUT2D eigenvalue weighted by atomic mass is 9.98. The average molecular weight is 250 g/mol. The molecular weight excluding hydrogens is 237 g/mol. The van der Waals surface area contributed by atoms with Crippen molar-refractivity contribution >= 4 is 0 Å². The van der Waals surface area contributed by atoms with Crippen molar-refractivity contribution in [3.05, 3.63) is 11.6 Å². The lowest BCUT2D eigenvalue weighted by molar-refractivity contribution is -0.182. The first-order valence-corrected chi connectivity index (χ1v) is 5.28. The number of rotatable bonds is 2. The monoisotopic (exact) mass is 250 g/mol. The van der Waals surface area contributed by atoms with E-state index in [2.05, 4.69) is 10.2 Å². The van der Waals surface area contributed by atoms with Crippen molar-refractivity contribution in [1.82, 2.24) is 14.8 Å². The van der Waals surface area contributed by atoms with E-state index in [-0.39, 0.29) is 31.8 Å². The molecule has 0 spiro atoms. The van der Waals surface area contributed by atoms with E-state index in [1.807, 2.05) is 0 Å². The standard InChI is InChI=1S/C9H13F3N4O/c10-9(11,12)5-1-2-7-14-15-8(6(13)4-17)16(7)3-5/h5-6,17H,1-4,13H2. The maximum atomic E-state index is 12.6. The van der Waals surface area contributed by atoms with Crippen molar-refractivity contribution in [3.63, 3.8) is 0 Å². The van der Waals surface area contributed by atoms with E-state index in [4.69, 9.17) is 10.8 Å². The van der Waals surface area contributed by atoms with E-state index >= 15 is 0 Å². The largest absolute Gasteiger partial charge is 0.394 e. The summed E-state index contributed by atoms with van der Waals surface area (Å²) in [7, 11) is 0. The Morgan fingerprint density at radius 2 is 2.18 bits per heavy atom. The summed E-state index contributed by atoms with van der Waals surface area (Å²) in [5, 5.41) is 16.4. The first-order valence-electron chi connectivity index (χ1n) is 5.28. The Labute approximate surface area is 95.4 Å². The zero-order valence-electron chi connectivity index (χ0n) is 8.98. The van der Waals surface area contributed by atoms with Crippen molar-refractivity contribution in [1.29, 1.82) is 0 Å². The summed E-state index contributed by atoms with van der Waals surface area (Å²) in [6, 6.07) is -0.789. The molecule has 0 aromatic carbocycles. The maximum Gasteiger partial charge on any atom is 0.393 e. The molecule has 1 aromatic heterocycles. The van der Waals surface area contributed by atoms with Gasteiger partial charge in [0, 0.05) is 13.0 Å². The Bertz CT molecular complexity index is 403. The highest BCUT2D eigenvalue weighted by atomic mass is 19.4. The number of nitrogens with two attached hydrogens (primary N) is 1. The molecule has 0 amide bonds. The van der Waals surface area contributed by atoms with Crippen LogP contribution in [0.2, 0.25) is 0 Å². The van der Waals surface area contributed by atoms with Crippen molar-refractivity contribution in [2.75, 3.05) is 6.61 Å². The molecule has 2 unspecified atom stereocenters. The lowest BCUT2D eigenvalue weighted by Crippen LogP contribution is -2.34. The van der Waals surface area contributed by atoms with Crippen LogP contribution in [-0.2, 0) is 13.0 Å². The van der Waals surface area contributed by atoms with Crippen LogP contribution in [0.5, 0.6) is 0 Å². The molecule has 2 atom stereocenters. The third-order valence-electron chi connectivity index (χ3n) is 2.97. The Hall–Kier alpha value is -1.15. The number of aliphatic hydroxyl groups excluding tert-OH is 1. The molecule has 1 aliphatic rings. The Morgan fingerprint density at radius 1 is 1.47 bits per heavy atom. The molecule has 0 radical (unpaired) electrons. The van der Waals surface area contributed by atoms with Crippen molar-refractivity contribution < 1.29 is 18.3 Å². The van der Waals surface area contributed by atoms with Crippen LogP contribution in [0.15, 0.2) is 0 Å². The predicted molar refractivity (Wildman–Crippen MR) is 51.9 cm³/mol. The fraction of sp³-hybridized carbons (Fsp3) is 0.778. The Kier molecular flexibility index (Phi) is 3.09. The number of aromatic nitrogens is 3. The summed E-state index contributed by atoms with van der Waals surface area (Å²) >= 11 is 0. The summed E-state index contributed by atoms with van der Waals surface area (Å²) in [4.78, 5) is 0. The van der Waals surface area contributed by atoms with E-state index in [1.54, 1.807) is 0 Å². The molecule has 2 heterocycles. The van der Waals surface area contributed by atoms with Gasteiger partial charge in [-0.3, -0.25) is 0 Å². The smallest absolute Gasteiger partial charge is 0.393 e. The predicted octanol–water partition coefficient (Wildman–Crippen LogP) is 0.395. The second-order valence-electron chi connectivity index (χ2n) is 4.15. The zero-order chi connectivity index (χ0) is 12.6. The van der Waals surface area contributed by atoms with E-state index < -0.39 is 18.1 Å². The van der Waals surface area contributed by atoms with E-state index in [9.17, 15) is 13.2 Å². The van der Waals surface area contributed by atoms with Gasteiger partial charge >= 0.3 is 6.18 Å². The fourth-order valence-corrected chi connectivity index (χ4v) is 1.97. The molecule has 0 fully saturated rings. The van der Waals surface area contributed by atoms with Crippen LogP contribution in [0.3, 0.4) is 0 Å². The van der Waals surface area contributed by atoms with Crippen molar-refractivity contribution in [2.45, 2.75) is 31.6 Å². The molecule has 96 valence electrons. The molecule has 17 heavy (non-hydrogen) atoms. The van der Waals surface area contributed by atoms with Gasteiger partial charge in [-0.15, -0.1) is 10.2 Å². The highest BCUT2D eigenvalue weighted by Crippen LogP contribution is 2.34. The van der Waals surface area contributed by atoms with Crippen LogP contribution < -0.4 is 5.73 Å². The minimum absolute atomic E-state index is 0.0238. The molecule has 1 aliphatic heterocycles. The number of fused-ring (bicyclic) bond motifs is 1. The van der Waals surface area contributed by atoms with Gasteiger partial charge in [0.05, 0.1) is 18.6 Å². The van der Waals surface area contributed by atoms with Crippen LogP contribution in [0.1, 0.15) is 24.1 Å². The first-order chi connectivity index (χ1) is 7.93. The third kappa shape index (κ3) is 2.27. The average Bonchev–Trinajstić information content (AvgIpc) is 2.69. The number of nitrogens with zero attached hydrogens (tertiary/aromatic N) is 3. The van der Waals surface area contributed by atoms with Crippen LogP contribution in [0.4, 0.5) is 13.2 Å². The van der Waals surface area contributed by atoms with Gasteiger partial charge in [-0.25, -0.2) is 0 Å². The zero-order valence-corrected chi connectivity index (χ0v) is 8.98. The highest BCUT2D eigenvalue weighted by molar-refractivity contribution is 5.04. The molecule has 2 rings (SSSR count). The molecule has 0 saturated heterocycles. The van der Waals surface area contributed by atoms with Crippen molar-refractivity contribution in [3.8, 4) is 0 Å². The van der Waals surface area contributed by atoms with Gasteiger partial charge in [0.15, 0.2) is 5.82 Å². The second kappa shape index (κ2) is 4.26. The van der Waals surface area contributed by atoms with E-state index in [0.717, 1.165) is 0 Å². The van der Waals surface area contributed by atoms with Gasteiger partial charge in [0.1, 0.15) is 5.82 Å². The summed E-state index contributed by atoms with van der Waals surface area (Å²) in [6.07, 6.45) is -3.96. The van der Waals surface area contributed by atoms with Crippen LogP contribution in [0, 0.1) is 5.92 Å². The second-order valence-corrected chi connectivity index (χ2v) is 4.15. The number of halogens is 3. The fourth-order valence-electron chi connectivity index (χ4n) is 1.97. The van der Waals surface area contributed by atoms with Gasteiger partial charge in [-0.2, -0.15) is 13.2 Å². The number of aliphatic hydroxyl groups is 1. The van der Waals surface area contributed by atoms with Gasteiger partial charge < -0.3 is 15.4 Å². The highest BCUT2D eigenvalue weighted by Gasteiger charge is 2.42. The first kappa shape index (κ1) is 12.3. The normalized spacial score (nSPS) is 22.3. The number of aryl methyl sites for hydroxylation is 1. The third-order valence-corrected chi connectivity index (χ3v) is 2.97. The minimum atomic E-state index is -4.22. The number of alkyl halides is 3. The summed E-state index contributed by atoms with van der Waals surface area (Å²) < 4.78 is 39.2. The van der Waals surface area contributed by atoms with Gasteiger partial charge in [0.25, 0.3) is 0 Å². The summed E-state index contributed by atoms with van der Waals surface area (Å²) in [5.41, 5.74) is 5.56. The van der Waals surface area contributed by atoms with Gasteiger partial charge in [-0.1, -0.05) is 0 Å². The number of hydrogen-bond acceptors (Lipinski definition) is 4. The number of hydrogen-bond donors (Lipinski definition) is 2. The summed E-state index contributed by atoms with van der Waals surface area (Å²) in [6.45, 7) is -0.580. The van der Waals surface area contributed by atoms with Gasteiger partial charge in [0.2, 0.25) is 0 Å². The molecule has 0 aliphatic carbocycles. The molecule has 0 bridgehead atoms. The minimum Gasteiger partial charge on any atom is -0.394 e. The Balaban J connectivity index is 2.26. The Morgan fingerprint density at radius 3 is 2.76 bits per heavy atom. The van der Waals surface area contributed by atoms with Crippen molar-refractivity contribution in [2.24, 2.45) is 11.7 Å². The molecular formula is C9H13F3N4O. The summed E-state index contributed by atoms with van der Waals surface area (Å²) in [5.74, 6) is -0.670. The lowest BCUT2D eigenvalue weighted by Gasteiger charge is -2.26. The molecule has 3 N–H and O–H groups in total. The molecule has 1 aromatic rings. The topological polar surface area (TPSA) is 77.0 Å². The van der Waals surface area contributed by atoms with E-state index in [1.165, 1.54) is 4.57 Å². The molecule has 5 nitrogen and oxygen atoms in total. The maximum absolute atomic E-state index is 12.6. The molecule has 8 heteroatoms. The van der Waals surface area contributed by atoms with Crippen LogP contribution in [0.25, 0.3) is 0 Å². The molecule has 0 saturated carbocycles.